The van der Waals surface area contributed by atoms with Crippen molar-refractivity contribution in [3.8, 4) is 0 Å². The highest BCUT2D eigenvalue weighted by atomic mass is 32.2. The Kier molecular flexibility index (Phi) is 5.14. The van der Waals surface area contributed by atoms with Crippen LogP contribution in [0.25, 0.3) is 0 Å². The molecule has 2 aromatic carbocycles. The SMILES string of the molecule is CCCNS(=O)(=O)c1ccc2c(c1)C1C=CCC1C(c1ccc([N+](=O)[O-])cc1)N2. The molecule has 29 heavy (non-hydrogen) atoms. The summed E-state index contributed by atoms with van der Waals surface area (Å²) in [6.45, 7) is 2.33. The lowest BCUT2D eigenvalue weighted by Crippen LogP contribution is -2.30. The zero-order chi connectivity index (χ0) is 20.6. The number of nitrogens with one attached hydrogen (secondary N) is 2. The average Bonchev–Trinajstić information content (AvgIpc) is 3.21. The first-order valence-electron chi connectivity index (χ1n) is 9.72. The van der Waals surface area contributed by atoms with Gasteiger partial charge in [0.1, 0.15) is 0 Å². The number of nitro benzene ring substituents is 1. The summed E-state index contributed by atoms with van der Waals surface area (Å²) in [5.41, 5.74) is 2.93. The topological polar surface area (TPSA) is 101 Å². The standard InChI is InChI=1S/C21H23N3O4S/c1-2-12-22-29(27,28)16-10-11-20-19(13-16)17-4-3-5-18(17)21(23-20)14-6-8-15(9-7-14)24(25)26/h3-4,6-11,13,17-18,21-23H,2,5,12H2,1H3. The maximum atomic E-state index is 12.5. The van der Waals surface area contributed by atoms with E-state index in [2.05, 4.69) is 22.2 Å². The summed E-state index contributed by atoms with van der Waals surface area (Å²) in [6.07, 6.45) is 5.86. The second-order valence-electron chi connectivity index (χ2n) is 7.47. The number of benzene rings is 2. The fourth-order valence-corrected chi connectivity index (χ4v) is 5.36. The number of nitro groups is 1. The monoisotopic (exact) mass is 413 g/mol. The van der Waals surface area contributed by atoms with Crippen LogP contribution in [0.2, 0.25) is 0 Å². The van der Waals surface area contributed by atoms with Crippen LogP contribution >= 0.6 is 0 Å². The Hall–Kier alpha value is -2.71. The average molecular weight is 413 g/mol. The molecule has 1 aliphatic heterocycles. The number of nitrogens with zero attached hydrogens (tertiary/aromatic N) is 1. The lowest BCUT2D eigenvalue weighted by molar-refractivity contribution is -0.384. The van der Waals surface area contributed by atoms with Crippen molar-refractivity contribution in [2.75, 3.05) is 11.9 Å². The van der Waals surface area contributed by atoms with Crippen molar-refractivity contribution in [3.63, 3.8) is 0 Å². The molecule has 2 N–H and O–H groups in total. The van der Waals surface area contributed by atoms with Gasteiger partial charge in [0.2, 0.25) is 10.0 Å². The fraction of sp³-hybridized carbons (Fsp3) is 0.333. The van der Waals surface area contributed by atoms with Gasteiger partial charge in [-0.25, -0.2) is 13.1 Å². The van der Waals surface area contributed by atoms with E-state index in [1.807, 2.05) is 13.0 Å². The number of allylic oxidation sites excluding steroid dienone is 2. The van der Waals surface area contributed by atoms with Crippen molar-refractivity contribution in [1.29, 1.82) is 0 Å². The van der Waals surface area contributed by atoms with E-state index < -0.39 is 14.9 Å². The Morgan fingerprint density at radius 3 is 2.66 bits per heavy atom. The summed E-state index contributed by atoms with van der Waals surface area (Å²) in [7, 11) is -3.53. The first kappa shape index (κ1) is 19.6. The minimum atomic E-state index is -3.53. The Bertz CT molecular complexity index is 1060. The van der Waals surface area contributed by atoms with Crippen molar-refractivity contribution in [2.45, 2.75) is 36.6 Å². The van der Waals surface area contributed by atoms with Crippen molar-refractivity contribution in [1.82, 2.24) is 4.72 Å². The van der Waals surface area contributed by atoms with Gasteiger partial charge in [0.25, 0.3) is 5.69 Å². The van der Waals surface area contributed by atoms with Gasteiger partial charge in [-0.1, -0.05) is 31.2 Å². The third-order valence-electron chi connectivity index (χ3n) is 5.65. The summed E-state index contributed by atoms with van der Waals surface area (Å²) < 4.78 is 27.7. The number of anilines is 1. The van der Waals surface area contributed by atoms with Gasteiger partial charge in [0.05, 0.1) is 15.9 Å². The summed E-state index contributed by atoms with van der Waals surface area (Å²) in [6, 6.07) is 11.8. The Labute approximate surface area is 170 Å². The molecule has 0 saturated carbocycles. The molecule has 2 aliphatic rings. The highest BCUT2D eigenvalue weighted by Gasteiger charge is 2.38. The molecule has 1 aliphatic carbocycles. The maximum absolute atomic E-state index is 12.5. The van der Waals surface area contributed by atoms with E-state index in [1.165, 1.54) is 12.1 Å². The van der Waals surface area contributed by atoms with Gasteiger partial charge < -0.3 is 5.32 Å². The van der Waals surface area contributed by atoms with Crippen LogP contribution in [0.5, 0.6) is 0 Å². The molecule has 3 atom stereocenters. The molecule has 3 unspecified atom stereocenters. The molecule has 0 fully saturated rings. The van der Waals surface area contributed by atoms with Crippen LogP contribution in [0.3, 0.4) is 0 Å². The van der Waals surface area contributed by atoms with Gasteiger partial charge in [-0.05, 0) is 48.1 Å². The van der Waals surface area contributed by atoms with E-state index in [-0.39, 0.29) is 28.5 Å². The van der Waals surface area contributed by atoms with Gasteiger partial charge >= 0.3 is 0 Å². The Morgan fingerprint density at radius 2 is 1.97 bits per heavy atom. The number of sulfonamides is 1. The normalized spacial score (nSPS) is 22.6. The number of rotatable bonds is 6. The van der Waals surface area contributed by atoms with Gasteiger partial charge in [0.15, 0.2) is 0 Å². The van der Waals surface area contributed by atoms with E-state index in [0.29, 0.717) is 6.54 Å². The third kappa shape index (κ3) is 3.65. The van der Waals surface area contributed by atoms with E-state index in [4.69, 9.17) is 0 Å². The first-order chi connectivity index (χ1) is 13.9. The van der Waals surface area contributed by atoms with Gasteiger partial charge in [-0.2, -0.15) is 0 Å². The lowest BCUT2D eigenvalue weighted by Gasteiger charge is -2.37. The van der Waals surface area contributed by atoms with Crippen LogP contribution in [0.1, 0.15) is 42.9 Å². The molecule has 0 aromatic heterocycles. The number of hydrogen-bond acceptors (Lipinski definition) is 5. The van der Waals surface area contributed by atoms with Crippen molar-refractivity contribution in [3.05, 3.63) is 75.9 Å². The van der Waals surface area contributed by atoms with E-state index >= 15 is 0 Å². The first-order valence-corrected chi connectivity index (χ1v) is 11.2. The van der Waals surface area contributed by atoms with Crippen LogP contribution in [0.4, 0.5) is 11.4 Å². The maximum Gasteiger partial charge on any atom is 0.269 e. The smallest absolute Gasteiger partial charge is 0.269 e. The molecule has 0 spiro atoms. The predicted molar refractivity (Wildman–Crippen MR) is 111 cm³/mol. The molecular weight excluding hydrogens is 390 g/mol. The largest absolute Gasteiger partial charge is 0.378 e. The number of non-ortho nitro benzene ring substituents is 1. The third-order valence-corrected chi connectivity index (χ3v) is 7.11. The zero-order valence-electron chi connectivity index (χ0n) is 16.0. The molecule has 8 heteroatoms. The molecule has 7 nitrogen and oxygen atoms in total. The Balaban J connectivity index is 1.68. The molecule has 152 valence electrons. The molecule has 0 radical (unpaired) electrons. The quantitative estimate of drug-likeness (QED) is 0.422. The minimum Gasteiger partial charge on any atom is -0.378 e. The summed E-state index contributed by atoms with van der Waals surface area (Å²) in [5.74, 6) is 0.332. The Morgan fingerprint density at radius 1 is 1.21 bits per heavy atom. The van der Waals surface area contributed by atoms with E-state index in [0.717, 1.165) is 29.7 Å². The molecule has 4 rings (SSSR count). The van der Waals surface area contributed by atoms with E-state index in [1.54, 1.807) is 24.3 Å². The molecule has 0 bridgehead atoms. The molecular formula is C21H23N3O4S. The zero-order valence-corrected chi connectivity index (χ0v) is 16.9. The number of fused-ring (bicyclic) bond motifs is 3. The van der Waals surface area contributed by atoms with Crippen LogP contribution < -0.4 is 10.0 Å². The molecule has 2 aromatic rings. The van der Waals surface area contributed by atoms with Crippen LogP contribution in [0.15, 0.2) is 59.5 Å². The van der Waals surface area contributed by atoms with Crippen molar-refractivity contribution in [2.24, 2.45) is 5.92 Å². The highest BCUT2D eigenvalue weighted by molar-refractivity contribution is 7.89. The van der Waals surface area contributed by atoms with Gasteiger partial charge in [-0.15, -0.1) is 0 Å². The van der Waals surface area contributed by atoms with Crippen molar-refractivity contribution < 1.29 is 13.3 Å². The summed E-state index contributed by atoms with van der Waals surface area (Å²) >= 11 is 0. The van der Waals surface area contributed by atoms with Crippen LogP contribution in [0, 0.1) is 16.0 Å². The fourth-order valence-electron chi connectivity index (χ4n) is 4.19. The van der Waals surface area contributed by atoms with Crippen LogP contribution in [-0.4, -0.2) is 19.9 Å². The minimum absolute atomic E-state index is 0.00368. The lowest BCUT2D eigenvalue weighted by atomic mass is 9.77. The summed E-state index contributed by atoms with van der Waals surface area (Å²) in [5, 5.41) is 14.5. The number of hydrogen-bond donors (Lipinski definition) is 2. The van der Waals surface area contributed by atoms with Gasteiger partial charge in [0, 0.05) is 30.3 Å². The summed E-state index contributed by atoms with van der Waals surface area (Å²) in [4.78, 5) is 10.8. The molecule has 0 saturated heterocycles. The molecule has 1 heterocycles. The van der Waals surface area contributed by atoms with Crippen LogP contribution in [-0.2, 0) is 10.0 Å². The molecule has 0 amide bonds. The highest BCUT2D eigenvalue weighted by Crippen LogP contribution is 2.50. The predicted octanol–water partition coefficient (Wildman–Crippen LogP) is 4.11. The van der Waals surface area contributed by atoms with Gasteiger partial charge in [-0.3, -0.25) is 10.1 Å². The second-order valence-corrected chi connectivity index (χ2v) is 9.24. The van der Waals surface area contributed by atoms with E-state index in [9.17, 15) is 18.5 Å². The van der Waals surface area contributed by atoms with Crippen molar-refractivity contribution >= 4 is 21.4 Å². The second kappa shape index (κ2) is 7.61.